The van der Waals surface area contributed by atoms with Crippen LogP contribution < -0.4 is 0 Å². The second-order valence-electron chi connectivity index (χ2n) is 5.06. The van der Waals surface area contributed by atoms with Crippen molar-refractivity contribution in [2.45, 2.75) is 40.3 Å². The largest absolute Gasteiger partial charge is 0.376 e. The summed E-state index contributed by atoms with van der Waals surface area (Å²) in [5.41, 5.74) is 5.56. The molecule has 0 saturated carbocycles. The maximum absolute atomic E-state index is 8.72. The van der Waals surface area contributed by atoms with Gasteiger partial charge in [0.15, 0.2) is 0 Å². The predicted octanol–water partition coefficient (Wildman–Crippen LogP) is 2.01. The molecule has 0 saturated heterocycles. The Bertz CT molecular complexity index is 463. The molecule has 0 aliphatic carbocycles. The molecule has 0 atom stereocenters. The molecule has 0 radical (unpaired) electrons. The van der Waals surface area contributed by atoms with Gasteiger partial charge in [-0.3, -0.25) is 0 Å². The second kappa shape index (κ2) is 8.49. The van der Waals surface area contributed by atoms with Crippen molar-refractivity contribution in [1.82, 2.24) is 0 Å². The van der Waals surface area contributed by atoms with E-state index in [4.69, 9.17) is 20.4 Å². The number of hydrogen-bond donors (Lipinski definition) is 4. The summed E-state index contributed by atoms with van der Waals surface area (Å²) in [6, 6.07) is 7.11. The van der Waals surface area contributed by atoms with E-state index in [1.165, 1.54) is 0 Å². The van der Waals surface area contributed by atoms with Crippen molar-refractivity contribution in [2.24, 2.45) is 0 Å². The standard InChI is InChI=1S/2C8H11O2.Fe/c2*1-5-3-7(8(9)10)4-6(5)2;/h2*3-4,8-10H,1-2H3;/q2*-1;. The molecular formula is C16H22FeO4-2. The topological polar surface area (TPSA) is 80.9 Å². The van der Waals surface area contributed by atoms with Gasteiger partial charge in [0, 0.05) is 17.1 Å². The van der Waals surface area contributed by atoms with Crippen LogP contribution in [0.25, 0.3) is 0 Å². The Labute approximate surface area is 135 Å². The van der Waals surface area contributed by atoms with Gasteiger partial charge in [-0.1, -0.05) is 27.7 Å². The van der Waals surface area contributed by atoms with Crippen LogP contribution in [0.2, 0.25) is 0 Å². The van der Waals surface area contributed by atoms with Gasteiger partial charge < -0.3 is 20.4 Å². The molecule has 4 nitrogen and oxygen atoms in total. The summed E-state index contributed by atoms with van der Waals surface area (Å²) in [7, 11) is 0. The van der Waals surface area contributed by atoms with E-state index in [2.05, 4.69) is 0 Å². The molecule has 120 valence electrons. The second-order valence-corrected chi connectivity index (χ2v) is 5.06. The number of hydrogen-bond acceptors (Lipinski definition) is 4. The van der Waals surface area contributed by atoms with Crippen LogP contribution in [0, 0.1) is 27.7 Å². The van der Waals surface area contributed by atoms with Gasteiger partial charge in [-0.05, 0) is 0 Å². The zero-order valence-electron chi connectivity index (χ0n) is 12.6. The number of rotatable bonds is 2. The molecular weight excluding hydrogens is 312 g/mol. The van der Waals surface area contributed by atoms with E-state index in [-0.39, 0.29) is 17.1 Å². The van der Waals surface area contributed by atoms with Crippen LogP contribution in [0.15, 0.2) is 24.3 Å². The first-order valence-electron chi connectivity index (χ1n) is 6.42. The summed E-state index contributed by atoms with van der Waals surface area (Å²) in [5, 5.41) is 34.9. The number of aryl methyl sites for hydroxylation is 4. The van der Waals surface area contributed by atoms with Crippen LogP contribution in [0.4, 0.5) is 0 Å². The molecule has 2 aromatic rings. The Balaban J connectivity index is 0.000000364. The summed E-state index contributed by atoms with van der Waals surface area (Å²) in [6.45, 7) is 7.78. The molecule has 0 heterocycles. The van der Waals surface area contributed by atoms with Gasteiger partial charge in [-0.25, -0.2) is 12.1 Å². The smallest absolute Gasteiger partial charge is 0.122 e. The quantitative estimate of drug-likeness (QED) is 0.385. The van der Waals surface area contributed by atoms with Crippen molar-refractivity contribution in [3.8, 4) is 0 Å². The van der Waals surface area contributed by atoms with E-state index in [9.17, 15) is 0 Å². The third-order valence-corrected chi connectivity index (χ3v) is 3.37. The van der Waals surface area contributed by atoms with Crippen molar-refractivity contribution in [3.63, 3.8) is 0 Å². The monoisotopic (exact) mass is 334 g/mol. The van der Waals surface area contributed by atoms with Gasteiger partial charge in [-0.2, -0.15) is 34.4 Å². The maximum atomic E-state index is 8.72. The minimum atomic E-state index is -1.33. The molecule has 21 heavy (non-hydrogen) atoms. The molecule has 0 aliphatic rings. The summed E-state index contributed by atoms with van der Waals surface area (Å²) in [5.74, 6) is 0. The van der Waals surface area contributed by atoms with Crippen LogP contribution in [-0.4, -0.2) is 20.4 Å². The average Bonchev–Trinajstić information content (AvgIpc) is 2.85. The van der Waals surface area contributed by atoms with Crippen molar-refractivity contribution >= 4 is 0 Å². The summed E-state index contributed by atoms with van der Waals surface area (Å²) in [6.07, 6.45) is -2.65. The van der Waals surface area contributed by atoms with Crippen LogP contribution in [0.5, 0.6) is 0 Å². The molecule has 2 rings (SSSR count). The first-order valence-corrected chi connectivity index (χ1v) is 6.42. The zero-order valence-corrected chi connectivity index (χ0v) is 13.7. The molecule has 4 N–H and O–H groups in total. The molecule has 0 unspecified atom stereocenters. The van der Waals surface area contributed by atoms with Crippen molar-refractivity contribution < 1.29 is 37.5 Å². The van der Waals surface area contributed by atoms with Crippen LogP contribution in [0.3, 0.4) is 0 Å². The predicted molar refractivity (Wildman–Crippen MR) is 77.4 cm³/mol. The Morgan fingerprint density at radius 2 is 1.05 bits per heavy atom. The summed E-state index contributed by atoms with van der Waals surface area (Å²) < 4.78 is 0. The molecule has 0 bridgehead atoms. The average molecular weight is 334 g/mol. The molecule has 5 heteroatoms. The van der Waals surface area contributed by atoms with Crippen LogP contribution in [-0.2, 0) is 17.1 Å². The fourth-order valence-electron chi connectivity index (χ4n) is 1.84. The molecule has 0 spiro atoms. The van der Waals surface area contributed by atoms with E-state index in [1.54, 1.807) is 24.3 Å². The van der Waals surface area contributed by atoms with Gasteiger partial charge in [0.25, 0.3) is 0 Å². The van der Waals surface area contributed by atoms with Crippen LogP contribution in [0.1, 0.15) is 46.0 Å². The van der Waals surface area contributed by atoms with Gasteiger partial charge in [0.1, 0.15) is 12.6 Å². The Morgan fingerprint density at radius 1 is 0.762 bits per heavy atom. The Morgan fingerprint density at radius 3 is 1.14 bits per heavy atom. The Kier molecular flexibility index (Phi) is 8.11. The normalized spacial score (nSPS) is 10.4. The Hall–Kier alpha value is -0.941. The molecule has 0 amide bonds. The van der Waals surface area contributed by atoms with Gasteiger partial charge in [-0.15, -0.1) is 11.1 Å². The first-order chi connectivity index (χ1) is 9.22. The van der Waals surface area contributed by atoms with Crippen LogP contribution >= 0.6 is 0 Å². The van der Waals surface area contributed by atoms with E-state index in [1.807, 2.05) is 27.7 Å². The maximum Gasteiger partial charge on any atom is 0.122 e. The molecule has 2 aromatic carbocycles. The van der Waals surface area contributed by atoms with Gasteiger partial charge in [0.05, 0.1) is 0 Å². The van der Waals surface area contributed by atoms with Gasteiger partial charge >= 0.3 is 0 Å². The van der Waals surface area contributed by atoms with E-state index < -0.39 is 12.6 Å². The molecule has 0 fully saturated rings. The minimum absolute atomic E-state index is 0. The van der Waals surface area contributed by atoms with Gasteiger partial charge in [0.2, 0.25) is 0 Å². The SMILES string of the molecule is Cc1cc(C(O)O)c[c-]1C.Cc1cc(C(O)O)c[c-]1C.[Fe]. The molecule has 0 aromatic heterocycles. The van der Waals surface area contributed by atoms with Crippen molar-refractivity contribution in [3.05, 3.63) is 57.6 Å². The first kappa shape index (κ1) is 20.1. The fraction of sp³-hybridized carbons (Fsp3) is 0.375. The third-order valence-electron chi connectivity index (χ3n) is 3.37. The number of aliphatic hydroxyl groups is 4. The third kappa shape index (κ3) is 5.75. The van der Waals surface area contributed by atoms with E-state index >= 15 is 0 Å². The van der Waals surface area contributed by atoms with Crippen molar-refractivity contribution in [1.29, 1.82) is 0 Å². The summed E-state index contributed by atoms with van der Waals surface area (Å²) in [4.78, 5) is 0. The number of aliphatic hydroxyl groups excluding tert-OH is 2. The molecule has 0 aliphatic heterocycles. The minimum Gasteiger partial charge on any atom is -0.376 e. The van der Waals surface area contributed by atoms with E-state index in [0.29, 0.717) is 11.1 Å². The van der Waals surface area contributed by atoms with Crippen molar-refractivity contribution in [2.75, 3.05) is 0 Å². The van der Waals surface area contributed by atoms with E-state index in [0.717, 1.165) is 22.3 Å². The zero-order chi connectivity index (χ0) is 15.4. The fourth-order valence-corrected chi connectivity index (χ4v) is 1.84. The summed E-state index contributed by atoms with van der Waals surface area (Å²) >= 11 is 0.